The summed E-state index contributed by atoms with van der Waals surface area (Å²) in [5.41, 5.74) is -1.52. The number of hydrogen-bond donors (Lipinski definition) is 0. The first-order chi connectivity index (χ1) is 13.6. The zero-order chi connectivity index (χ0) is 21.3. The first-order valence-electron chi connectivity index (χ1n) is 9.77. The number of esters is 3. The van der Waals surface area contributed by atoms with E-state index in [4.69, 9.17) is 23.7 Å². The van der Waals surface area contributed by atoms with Crippen LogP contribution in [0.25, 0.3) is 0 Å². The Morgan fingerprint density at radius 3 is 2.48 bits per heavy atom. The van der Waals surface area contributed by atoms with Gasteiger partial charge in [-0.05, 0) is 0 Å². The predicted octanol–water partition coefficient (Wildman–Crippen LogP) is 1.53. The second kappa shape index (κ2) is 6.40. The van der Waals surface area contributed by atoms with Gasteiger partial charge in [-0.25, -0.2) is 4.79 Å². The van der Waals surface area contributed by atoms with Crippen molar-refractivity contribution in [2.75, 3.05) is 6.61 Å². The van der Waals surface area contributed by atoms with Gasteiger partial charge in [-0.1, -0.05) is 33.4 Å². The number of fused-ring (bicyclic) bond motifs is 5. The summed E-state index contributed by atoms with van der Waals surface area (Å²) in [6, 6.07) is 0. The third-order valence-electron chi connectivity index (χ3n) is 6.64. The molecule has 1 aliphatic carbocycles. The van der Waals surface area contributed by atoms with Gasteiger partial charge in [0.25, 0.3) is 0 Å². The van der Waals surface area contributed by atoms with Crippen LogP contribution >= 0.6 is 0 Å². The molecule has 4 rings (SSSR count). The summed E-state index contributed by atoms with van der Waals surface area (Å²) in [5.74, 6) is -2.89. The normalized spacial score (nSPS) is 44.9. The van der Waals surface area contributed by atoms with E-state index >= 15 is 0 Å². The van der Waals surface area contributed by atoms with Crippen LogP contribution in [0.5, 0.6) is 0 Å². The Labute approximate surface area is 169 Å². The number of carbonyl (C=O) groups is 3. The van der Waals surface area contributed by atoms with E-state index < -0.39 is 65.4 Å². The molecule has 3 aliphatic heterocycles. The molecule has 4 aliphatic rings. The molecule has 8 heteroatoms. The zero-order valence-electron chi connectivity index (χ0n) is 17.0. The van der Waals surface area contributed by atoms with Crippen LogP contribution in [-0.4, -0.2) is 54.7 Å². The molecule has 0 radical (unpaired) electrons. The number of carbonyl (C=O) groups excluding carboxylic acids is 3. The highest BCUT2D eigenvalue weighted by molar-refractivity contribution is 5.91. The quantitative estimate of drug-likeness (QED) is 0.228. The van der Waals surface area contributed by atoms with Gasteiger partial charge in [0.15, 0.2) is 5.60 Å². The van der Waals surface area contributed by atoms with Gasteiger partial charge in [0.2, 0.25) is 6.29 Å². The fourth-order valence-corrected chi connectivity index (χ4v) is 5.09. The third-order valence-corrected chi connectivity index (χ3v) is 6.64. The summed E-state index contributed by atoms with van der Waals surface area (Å²) in [5, 5.41) is 0. The zero-order valence-corrected chi connectivity index (χ0v) is 17.0. The second-order valence-corrected chi connectivity index (χ2v) is 8.77. The van der Waals surface area contributed by atoms with Crippen molar-refractivity contribution in [1.29, 1.82) is 0 Å². The Morgan fingerprint density at radius 2 is 1.97 bits per heavy atom. The highest BCUT2D eigenvalue weighted by Gasteiger charge is 2.78. The second-order valence-electron chi connectivity index (χ2n) is 8.77. The summed E-state index contributed by atoms with van der Waals surface area (Å²) in [7, 11) is 0. The summed E-state index contributed by atoms with van der Waals surface area (Å²) in [4.78, 5) is 36.6. The molecule has 1 saturated carbocycles. The molecular weight excluding hydrogens is 380 g/mol. The molecule has 3 saturated heterocycles. The minimum Gasteiger partial charge on any atom is -0.461 e. The Kier molecular flexibility index (Phi) is 4.44. The van der Waals surface area contributed by atoms with E-state index in [9.17, 15) is 14.4 Å². The van der Waals surface area contributed by atoms with Crippen molar-refractivity contribution in [1.82, 2.24) is 0 Å². The van der Waals surface area contributed by atoms with Crippen LogP contribution in [0, 0.1) is 23.2 Å². The lowest BCUT2D eigenvalue weighted by molar-refractivity contribution is -0.318. The highest BCUT2D eigenvalue weighted by Crippen LogP contribution is 2.64. The van der Waals surface area contributed by atoms with E-state index in [-0.39, 0.29) is 18.1 Å². The lowest BCUT2D eigenvalue weighted by Gasteiger charge is -2.59. The van der Waals surface area contributed by atoms with Crippen LogP contribution < -0.4 is 0 Å². The topological polar surface area (TPSA) is 101 Å². The van der Waals surface area contributed by atoms with Gasteiger partial charge in [-0.15, -0.1) is 6.58 Å². The van der Waals surface area contributed by atoms with Crippen molar-refractivity contribution >= 4 is 17.9 Å². The molecule has 8 atom stereocenters. The number of ether oxygens (including phenoxy) is 5. The Hall–Kier alpha value is -2.19. The maximum absolute atomic E-state index is 12.6. The van der Waals surface area contributed by atoms with Gasteiger partial charge in [0.1, 0.15) is 18.3 Å². The number of epoxide rings is 1. The summed E-state index contributed by atoms with van der Waals surface area (Å²) >= 11 is 0. The van der Waals surface area contributed by atoms with Crippen LogP contribution in [0.15, 0.2) is 24.8 Å². The van der Waals surface area contributed by atoms with Gasteiger partial charge in [-0.3, -0.25) is 9.59 Å². The first-order valence-corrected chi connectivity index (χ1v) is 9.77. The minimum absolute atomic E-state index is 0.239. The van der Waals surface area contributed by atoms with Crippen molar-refractivity contribution < 1.29 is 38.1 Å². The van der Waals surface area contributed by atoms with Crippen molar-refractivity contribution in [3.05, 3.63) is 24.8 Å². The highest BCUT2D eigenvalue weighted by atomic mass is 16.8. The van der Waals surface area contributed by atoms with E-state index in [1.807, 2.05) is 6.92 Å². The lowest BCUT2D eigenvalue weighted by Crippen LogP contribution is -2.71. The fourth-order valence-electron chi connectivity index (χ4n) is 5.09. The molecule has 0 amide bonds. The molecule has 8 unspecified atom stereocenters. The molecule has 0 aromatic carbocycles. The molecule has 3 heterocycles. The van der Waals surface area contributed by atoms with Crippen molar-refractivity contribution in [3.63, 3.8) is 0 Å². The maximum atomic E-state index is 12.6. The largest absolute Gasteiger partial charge is 0.461 e. The van der Waals surface area contributed by atoms with Crippen LogP contribution in [0.1, 0.15) is 27.7 Å². The molecule has 0 aromatic heterocycles. The standard InChI is InChI=1S/C21H26O8/c1-7-20(6)15-13(27-17(23)9(2)3)12-10(4)18(24)28-14(12)16(20)29-19(26-11(5)22)21(15)8-25-21/h7,9,12-16,19H,1,4,8H2,2-3,5-6H3. The van der Waals surface area contributed by atoms with E-state index in [1.54, 1.807) is 19.9 Å². The smallest absolute Gasteiger partial charge is 0.334 e. The van der Waals surface area contributed by atoms with Crippen LogP contribution in [0.2, 0.25) is 0 Å². The minimum atomic E-state index is -1.00. The van der Waals surface area contributed by atoms with Gasteiger partial charge < -0.3 is 23.7 Å². The maximum Gasteiger partial charge on any atom is 0.334 e. The van der Waals surface area contributed by atoms with E-state index in [0.29, 0.717) is 0 Å². The van der Waals surface area contributed by atoms with E-state index in [2.05, 4.69) is 13.2 Å². The third kappa shape index (κ3) is 2.69. The lowest BCUT2D eigenvalue weighted by atomic mass is 9.54. The Balaban J connectivity index is 1.85. The molecule has 4 fully saturated rings. The molecule has 1 spiro atoms. The predicted molar refractivity (Wildman–Crippen MR) is 98.1 cm³/mol. The monoisotopic (exact) mass is 406 g/mol. The molecule has 0 N–H and O–H groups in total. The molecule has 2 bridgehead atoms. The SMILES string of the molecule is C=CC1(C)C2OC(OC(C)=O)C3(CO3)C1C(OC(=O)C(C)C)C1C(=C)C(=O)OC12. The molecule has 8 nitrogen and oxygen atoms in total. The van der Waals surface area contributed by atoms with Crippen molar-refractivity contribution in [3.8, 4) is 0 Å². The first kappa shape index (κ1) is 20.1. The molecule has 29 heavy (non-hydrogen) atoms. The van der Waals surface area contributed by atoms with Gasteiger partial charge in [0.05, 0.1) is 18.4 Å². The number of rotatable bonds is 4. The summed E-state index contributed by atoms with van der Waals surface area (Å²) < 4.78 is 28.9. The van der Waals surface area contributed by atoms with Crippen LogP contribution in [-0.2, 0) is 38.1 Å². The Bertz CT molecular complexity index is 797. The van der Waals surface area contributed by atoms with Gasteiger partial charge >= 0.3 is 17.9 Å². The average molecular weight is 406 g/mol. The average Bonchev–Trinajstić information content (AvgIpc) is 3.37. The van der Waals surface area contributed by atoms with Crippen LogP contribution in [0.4, 0.5) is 0 Å². The van der Waals surface area contributed by atoms with Gasteiger partial charge in [-0.2, -0.15) is 0 Å². The van der Waals surface area contributed by atoms with E-state index in [1.165, 1.54) is 6.92 Å². The fraction of sp³-hybridized carbons (Fsp3) is 0.667. The Morgan fingerprint density at radius 1 is 1.31 bits per heavy atom. The molecular formula is C21H26O8. The van der Waals surface area contributed by atoms with Crippen LogP contribution in [0.3, 0.4) is 0 Å². The van der Waals surface area contributed by atoms with Crippen molar-refractivity contribution in [2.45, 2.75) is 57.9 Å². The van der Waals surface area contributed by atoms with Gasteiger partial charge in [0, 0.05) is 23.8 Å². The van der Waals surface area contributed by atoms with Crippen molar-refractivity contribution in [2.24, 2.45) is 23.2 Å². The summed E-state index contributed by atoms with van der Waals surface area (Å²) in [6.07, 6.45) is -1.45. The number of hydrogen-bond acceptors (Lipinski definition) is 8. The summed E-state index contributed by atoms with van der Waals surface area (Å²) in [6.45, 7) is 14.8. The van der Waals surface area contributed by atoms with E-state index in [0.717, 1.165) is 0 Å². The molecule has 158 valence electrons. The molecule has 0 aromatic rings.